The number of hydrogen-bond acceptors (Lipinski definition) is 3. The number of nitrogens with zero attached hydrogens (tertiary/aromatic N) is 1. The second-order valence-electron chi connectivity index (χ2n) is 2.92. The molecular formula is C8H11N3O2. The first-order valence-electron chi connectivity index (χ1n) is 4.23. The smallest absolute Gasteiger partial charge is 0.249 e. The molecule has 2 heterocycles. The Hall–Kier alpha value is -1.36. The van der Waals surface area contributed by atoms with Crippen LogP contribution in [0.3, 0.4) is 0 Å². The summed E-state index contributed by atoms with van der Waals surface area (Å²) in [6.45, 7) is 1.19. The summed E-state index contributed by atoms with van der Waals surface area (Å²) in [5.74, 6) is -0.0470. The summed E-state index contributed by atoms with van der Waals surface area (Å²) in [5.41, 5.74) is 0.849. The van der Waals surface area contributed by atoms with Crippen LogP contribution in [-0.4, -0.2) is 35.1 Å². The summed E-state index contributed by atoms with van der Waals surface area (Å²) in [6.07, 6.45) is 3.52. The highest BCUT2D eigenvalue weighted by atomic mass is 16.5. The molecule has 1 amide bonds. The van der Waals surface area contributed by atoms with Gasteiger partial charge in [-0.05, 0) is 0 Å². The van der Waals surface area contributed by atoms with E-state index in [0.29, 0.717) is 19.6 Å². The van der Waals surface area contributed by atoms with Crippen molar-refractivity contribution in [2.45, 2.75) is 12.5 Å². The number of hydrogen-bond donors (Lipinski definition) is 2. The van der Waals surface area contributed by atoms with Gasteiger partial charge in [0, 0.05) is 19.2 Å². The number of aromatic nitrogens is 2. The van der Waals surface area contributed by atoms with Crippen molar-refractivity contribution in [2.24, 2.45) is 0 Å². The Morgan fingerprint density at radius 3 is 3.31 bits per heavy atom. The minimum absolute atomic E-state index is 0.0470. The fourth-order valence-corrected chi connectivity index (χ4v) is 1.31. The van der Waals surface area contributed by atoms with Gasteiger partial charge in [-0.1, -0.05) is 0 Å². The van der Waals surface area contributed by atoms with Crippen LogP contribution in [0.1, 0.15) is 5.69 Å². The summed E-state index contributed by atoms with van der Waals surface area (Å²) >= 11 is 0. The number of amides is 1. The molecule has 1 aromatic rings. The molecular weight excluding hydrogens is 170 g/mol. The molecule has 2 rings (SSSR count). The zero-order valence-corrected chi connectivity index (χ0v) is 7.12. The van der Waals surface area contributed by atoms with E-state index in [1.165, 1.54) is 0 Å². The molecule has 5 heteroatoms. The average Bonchev–Trinajstić information content (AvgIpc) is 2.61. The largest absolute Gasteiger partial charge is 0.366 e. The fourth-order valence-electron chi connectivity index (χ4n) is 1.31. The molecule has 1 fully saturated rings. The lowest BCUT2D eigenvalue weighted by atomic mass is 10.2. The highest BCUT2D eigenvalue weighted by Gasteiger charge is 2.23. The number of aromatic amines is 1. The summed E-state index contributed by atoms with van der Waals surface area (Å²) < 4.78 is 5.30. The molecule has 0 bridgehead atoms. The molecule has 1 aliphatic rings. The lowest BCUT2D eigenvalue weighted by Crippen LogP contribution is -2.45. The first-order valence-corrected chi connectivity index (χ1v) is 4.23. The minimum Gasteiger partial charge on any atom is -0.366 e. The van der Waals surface area contributed by atoms with Gasteiger partial charge in [-0.25, -0.2) is 4.98 Å². The predicted molar refractivity (Wildman–Crippen MR) is 45.0 cm³/mol. The molecule has 1 aromatic heterocycles. The van der Waals surface area contributed by atoms with Crippen molar-refractivity contribution in [1.29, 1.82) is 0 Å². The molecule has 5 nitrogen and oxygen atoms in total. The number of carbonyl (C=O) groups excluding carboxylic acids is 1. The average molecular weight is 181 g/mol. The quantitative estimate of drug-likeness (QED) is 0.644. The zero-order chi connectivity index (χ0) is 9.10. The highest BCUT2D eigenvalue weighted by molar-refractivity contribution is 5.81. The summed E-state index contributed by atoms with van der Waals surface area (Å²) in [7, 11) is 0. The predicted octanol–water partition coefficient (Wildman–Crippen LogP) is -0.533. The van der Waals surface area contributed by atoms with E-state index in [9.17, 15) is 4.79 Å². The molecule has 0 aliphatic carbocycles. The van der Waals surface area contributed by atoms with Crippen molar-refractivity contribution >= 4 is 5.91 Å². The Morgan fingerprint density at radius 2 is 2.62 bits per heavy atom. The topological polar surface area (TPSA) is 67.0 Å². The van der Waals surface area contributed by atoms with Gasteiger partial charge < -0.3 is 15.0 Å². The summed E-state index contributed by atoms with van der Waals surface area (Å²) in [4.78, 5) is 18.1. The van der Waals surface area contributed by atoms with Crippen molar-refractivity contribution in [3.8, 4) is 0 Å². The van der Waals surface area contributed by atoms with E-state index in [1.807, 2.05) is 0 Å². The third-order valence-corrected chi connectivity index (χ3v) is 1.96. The van der Waals surface area contributed by atoms with Crippen LogP contribution in [0.15, 0.2) is 12.5 Å². The van der Waals surface area contributed by atoms with Crippen LogP contribution >= 0.6 is 0 Å². The van der Waals surface area contributed by atoms with Gasteiger partial charge in [-0.2, -0.15) is 0 Å². The molecule has 1 atom stereocenters. The summed E-state index contributed by atoms with van der Waals surface area (Å²) in [6, 6.07) is 0. The van der Waals surface area contributed by atoms with Gasteiger partial charge in [-0.15, -0.1) is 0 Å². The van der Waals surface area contributed by atoms with Crippen LogP contribution in [-0.2, 0) is 16.0 Å². The fraction of sp³-hybridized carbons (Fsp3) is 0.500. The number of nitrogens with one attached hydrogen (secondary N) is 2. The van der Waals surface area contributed by atoms with E-state index >= 15 is 0 Å². The second kappa shape index (κ2) is 3.57. The molecule has 0 unspecified atom stereocenters. The third-order valence-electron chi connectivity index (χ3n) is 1.96. The van der Waals surface area contributed by atoms with E-state index in [0.717, 1.165) is 5.69 Å². The molecule has 13 heavy (non-hydrogen) atoms. The van der Waals surface area contributed by atoms with Gasteiger partial charge in [0.05, 0.1) is 18.6 Å². The van der Waals surface area contributed by atoms with Gasteiger partial charge in [0.15, 0.2) is 0 Å². The third kappa shape index (κ3) is 1.86. The number of ether oxygens (including phenoxy) is 1. The van der Waals surface area contributed by atoms with E-state index in [-0.39, 0.29) is 12.0 Å². The molecule has 0 aromatic carbocycles. The molecule has 2 N–H and O–H groups in total. The lowest BCUT2D eigenvalue weighted by molar-refractivity contribution is -0.137. The van der Waals surface area contributed by atoms with Crippen molar-refractivity contribution in [2.75, 3.05) is 13.2 Å². The number of morpholine rings is 1. The van der Waals surface area contributed by atoms with Crippen LogP contribution in [0, 0.1) is 0 Å². The first kappa shape index (κ1) is 8.25. The van der Waals surface area contributed by atoms with Crippen LogP contribution in [0.25, 0.3) is 0 Å². The van der Waals surface area contributed by atoms with Crippen LogP contribution in [0.2, 0.25) is 0 Å². The second-order valence-corrected chi connectivity index (χ2v) is 2.92. The number of carbonyl (C=O) groups is 1. The molecule has 0 spiro atoms. The maximum atomic E-state index is 11.2. The SMILES string of the molecule is O=C1NCCO[C@H]1Cc1c[nH]cn1. The van der Waals surface area contributed by atoms with Crippen LogP contribution < -0.4 is 5.32 Å². The Labute approximate surface area is 75.5 Å². The normalized spacial score (nSPS) is 22.8. The van der Waals surface area contributed by atoms with E-state index in [4.69, 9.17) is 4.74 Å². The van der Waals surface area contributed by atoms with Crippen LogP contribution in [0.5, 0.6) is 0 Å². The van der Waals surface area contributed by atoms with Gasteiger partial charge in [-0.3, -0.25) is 4.79 Å². The molecule has 0 saturated carbocycles. The van der Waals surface area contributed by atoms with Gasteiger partial charge in [0.25, 0.3) is 0 Å². The Balaban J connectivity index is 1.97. The number of rotatable bonds is 2. The standard InChI is InChI=1S/C8H11N3O2/c12-8-7(13-2-1-10-8)3-6-4-9-5-11-6/h4-5,7H,1-3H2,(H,9,11)(H,10,12)/t7-/m0/s1. The van der Waals surface area contributed by atoms with Gasteiger partial charge >= 0.3 is 0 Å². The minimum atomic E-state index is -0.378. The van der Waals surface area contributed by atoms with Crippen molar-refractivity contribution in [3.05, 3.63) is 18.2 Å². The monoisotopic (exact) mass is 181 g/mol. The highest BCUT2D eigenvalue weighted by Crippen LogP contribution is 2.05. The first-order chi connectivity index (χ1) is 6.36. The van der Waals surface area contributed by atoms with E-state index < -0.39 is 0 Å². The van der Waals surface area contributed by atoms with Crippen molar-refractivity contribution in [3.63, 3.8) is 0 Å². The van der Waals surface area contributed by atoms with Gasteiger partial charge in [0.1, 0.15) is 6.10 Å². The Bertz CT molecular complexity index is 284. The molecule has 1 saturated heterocycles. The maximum absolute atomic E-state index is 11.2. The molecule has 0 radical (unpaired) electrons. The zero-order valence-electron chi connectivity index (χ0n) is 7.12. The van der Waals surface area contributed by atoms with Crippen molar-refractivity contribution in [1.82, 2.24) is 15.3 Å². The number of H-pyrrole nitrogens is 1. The number of imidazole rings is 1. The van der Waals surface area contributed by atoms with E-state index in [1.54, 1.807) is 12.5 Å². The lowest BCUT2D eigenvalue weighted by Gasteiger charge is -2.21. The molecule has 70 valence electrons. The van der Waals surface area contributed by atoms with Crippen molar-refractivity contribution < 1.29 is 9.53 Å². The van der Waals surface area contributed by atoms with Crippen LogP contribution in [0.4, 0.5) is 0 Å². The Morgan fingerprint density at radius 1 is 1.69 bits per heavy atom. The van der Waals surface area contributed by atoms with Gasteiger partial charge in [0.2, 0.25) is 5.91 Å². The molecule has 1 aliphatic heterocycles. The maximum Gasteiger partial charge on any atom is 0.249 e. The Kier molecular flexibility index (Phi) is 2.27. The van der Waals surface area contributed by atoms with E-state index in [2.05, 4.69) is 15.3 Å². The summed E-state index contributed by atoms with van der Waals surface area (Å²) in [5, 5.41) is 2.74.